The van der Waals surface area contributed by atoms with Crippen LogP contribution in [0.3, 0.4) is 0 Å². The Morgan fingerprint density at radius 1 is 0.935 bits per heavy atom. The second-order valence-corrected chi connectivity index (χ2v) is 11.0. The molecule has 2 heterocycles. The van der Waals surface area contributed by atoms with Crippen LogP contribution < -0.4 is 20.1 Å². The Kier molecular flexibility index (Phi) is 9.40. The largest absolute Gasteiger partial charge is 0.496 e. The number of ether oxygens (including phenoxy) is 3. The molecule has 246 valence electrons. The van der Waals surface area contributed by atoms with Gasteiger partial charge in [-0.3, -0.25) is 10.1 Å². The molecule has 2 aromatic heterocycles. The van der Waals surface area contributed by atoms with Crippen LogP contribution in [0.25, 0.3) is 28.0 Å². The van der Waals surface area contributed by atoms with E-state index in [1.807, 2.05) is 0 Å². The third kappa shape index (κ3) is 8.17. The molecule has 2 aromatic carbocycles. The molecule has 2 amide bonds. The molecule has 4 rings (SSSR count). The maximum Gasteiger partial charge on any atom is 0.422 e. The summed E-state index contributed by atoms with van der Waals surface area (Å²) in [5.41, 5.74) is 1.43. The van der Waals surface area contributed by atoms with Gasteiger partial charge in [-0.15, -0.1) is 0 Å². The Bertz CT molecular complexity index is 1740. The van der Waals surface area contributed by atoms with Gasteiger partial charge in [0.1, 0.15) is 29.7 Å². The van der Waals surface area contributed by atoms with Crippen molar-refractivity contribution in [3.8, 4) is 28.6 Å². The van der Waals surface area contributed by atoms with Gasteiger partial charge in [-0.2, -0.15) is 31.3 Å². The van der Waals surface area contributed by atoms with Crippen molar-refractivity contribution < 1.29 is 50.1 Å². The Morgan fingerprint density at radius 3 is 2.20 bits per heavy atom. The van der Waals surface area contributed by atoms with E-state index in [1.165, 1.54) is 29.9 Å². The van der Waals surface area contributed by atoms with Crippen LogP contribution in [0.15, 0.2) is 48.8 Å². The first-order valence-electron chi connectivity index (χ1n) is 13.6. The number of benzene rings is 2. The van der Waals surface area contributed by atoms with E-state index >= 15 is 0 Å². The number of rotatable bonds is 8. The van der Waals surface area contributed by atoms with Crippen LogP contribution in [0.1, 0.15) is 36.7 Å². The fourth-order valence-electron chi connectivity index (χ4n) is 4.51. The smallest absolute Gasteiger partial charge is 0.422 e. The molecule has 0 saturated heterocycles. The van der Waals surface area contributed by atoms with Crippen molar-refractivity contribution >= 4 is 28.7 Å². The van der Waals surface area contributed by atoms with E-state index in [1.54, 1.807) is 57.3 Å². The van der Waals surface area contributed by atoms with Crippen molar-refractivity contribution in [3.63, 3.8) is 0 Å². The van der Waals surface area contributed by atoms with Gasteiger partial charge in [0.25, 0.3) is 5.91 Å². The number of nitrogens with zero attached hydrogens (tertiary/aromatic N) is 3. The average molecular weight is 654 g/mol. The normalized spacial score (nSPS) is 12.2. The molecule has 0 fully saturated rings. The maximum atomic E-state index is 13.1. The number of aromatic nitrogens is 3. The summed E-state index contributed by atoms with van der Waals surface area (Å²) in [6.07, 6.45) is -8.96. The highest BCUT2D eigenvalue weighted by atomic mass is 19.4. The number of alkyl halides is 6. The Balaban J connectivity index is 1.87. The third-order valence-electron chi connectivity index (χ3n) is 6.26. The van der Waals surface area contributed by atoms with E-state index in [0.717, 1.165) is 6.33 Å². The van der Waals surface area contributed by atoms with Crippen LogP contribution in [0, 0.1) is 6.92 Å². The van der Waals surface area contributed by atoms with Gasteiger partial charge in [-0.1, -0.05) is 12.1 Å². The molecule has 0 spiro atoms. The van der Waals surface area contributed by atoms with Crippen LogP contribution >= 0.6 is 0 Å². The molecule has 0 unspecified atom stereocenters. The van der Waals surface area contributed by atoms with Crippen LogP contribution in [-0.2, 0) is 4.74 Å². The fraction of sp³-hybridized carbons (Fsp3) is 0.333. The highest BCUT2D eigenvalue weighted by Gasteiger charge is 2.31. The molecule has 0 aliphatic rings. The zero-order valence-electron chi connectivity index (χ0n) is 25.2. The highest BCUT2D eigenvalue weighted by molar-refractivity contribution is 5.98. The molecule has 4 aromatic rings. The molecule has 46 heavy (non-hydrogen) atoms. The zero-order valence-corrected chi connectivity index (χ0v) is 25.2. The van der Waals surface area contributed by atoms with Crippen molar-refractivity contribution in [2.75, 3.05) is 25.6 Å². The number of hydrogen-bond acceptors (Lipinski definition) is 7. The predicted molar refractivity (Wildman–Crippen MR) is 155 cm³/mol. The topological polar surface area (TPSA) is 117 Å². The van der Waals surface area contributed by atoms with Crippen molar-refractivity contribution in [1.82, 2.24) is 19.9 Å². The minimum Gasteiger partial charge on any atom is -0.496 e. The summed E-state index contributed by atoms with van der Waals surface area (Å²) >= 11 is 0. The number of hydrogen-bond donors (Lipinski definition) is 2. The Morgan fingerprint density at radius 2 is 1.61 bits per heavy atom. The number of methoxy groups -OCH3 is 1. The summed E-state index contributed by atoms with van der Waals surface area (Å²) in [5, 5.41) is 4.39. The third-order valence-corrected chi connectivity index (χ3v) is 6.26. The van der Waals surface area contributed by atoms with Crippen LogP contribution in [0.2, 0.25) is 0 Å². The highest BCUT2D eigenvalue weighted by Crippen LogP contribution is 2.40. The lowest BCUT2D eigenvalue weighted by Crippen LogP contribution is -2.33. The fourth-order valence-corrected chi connectivity index (χ4v) is 4.51. The lowest BCUT2D eigenvalue weighted by atomic mass is 10.1. The molecule has 0 radical (unpaired) electrons. The molecule has 0 saturated carbocycles. The molecule has 16 heteroatoms. The molecule has 0 aliphatic carbocycles. The molecular formula is C30H29F6N5O5. The van der Waals surface area contributed by atoms with Crippen LogP contribution in [0.5, 0.6) is 11.6 Å². The zero-order chi connectivity index (χ0) is 34.0. The van der Waals surface area contributed by atoms with Crippen molar-refractivity contribution in [2.45, 2.75) is 45.6 Å². The van der Waals surface area contributed by atoms with E-state index in [2.05, 4.69) is 15.3 Å². The maximum absolute atomic E-state index is 13.1. The number of aryl methyl sites for hydroxylation is 1. The van der Waals surface area contributed by atoms with Gasteiger partial charge < -0.3 is 24.1 Å². The molecular weight excluding hydrogens is 624 g/mol. The molecule has 10 nitrogen and oxygen atoms in total. The van der Waals surface area contributed by atoms with Gasteiger partial charge in [0.15, 0.2) is 6.61 Å². The molecule has 0 aliphatic heterocycles. The number of carbonyl (C=O) groups is 2. The summed E-state index contributed by atoms with van der Waals surface area (Å²) in [6.45, 7) is 3.59. The number of nitrogens with one attached hydrogen (secondary N) is 2. The Hall–Kier alpha value is -5.02. The molecule has 0 atom stereocenters. The summed E-state index contributed by atoms with van der Waals surface area (Å²) in [5.74, 6) is -1.57. The first-order valence-corrected chi connectivity index (χ1v) is 13.6. The lowest BCUT2D eigenvalue weighted by molar-refractivity contribution is -0.153. The van der Waals surface area contributed by atoms with Crippen molar-refractivity contribution in [3.05, 3.63) is 59.9 Å². The summed E-state index contributed by atoms with van der Waals surface area (Å²) < 4.78 is 94.7. The number of amides is 2. The Labute approximate surface area is 258 Å². The average Bonchev–Trinajstić information content (AvgIpc) is 3.25. The van der Waals surface area contributed by atoms with Gasteiger partial charge in [-0.25, -0.2) is 9.78 Å². The summed E-state index contributed by atoms with van der Waals surface area (Å²) in [6, 6.07) is 10.4. The van der Waals surface area contributed by atoms with Gasteiger partial charge in [0, 0.05) is 17.3 Å². The number of halogens is 6. The van der Waals surface area contributed by atoms with E-state index < -0.39 is 49.0 Å². The second-order valence-electron chi connectivity index (χ2n) is 11.0. The first kappa shape index (κ1) is 33.9. The van der Waals surface area contributed by atoms with Crippen molar-refractivity contribution in [1.29, 1.82) is 0 Å². The van der Waals surface area contributed by atoms with Gasteiger partial charge in [0.2, 0.25) is 5.88 Å². The van der Waals surface area contributed by atoms with Crippen LogP contribution in [-0.4, -0.2) is 64.8 Å². The minimum absolute atomic E-state index is 0.0477. The second kappa shape index (κ2) is 12.8. The van der Waals surface area contributed by atoms with Gasteiger partial charge >= 0.3 is 18.4 Å². The molecule has 2 N–H and O–H groups in total. The van der Waals surface area contributed by atoms with E-state index in [0.29, 0.717) is 22.5 Å². The quantitative estimate of drug-likeness (QED) is 0.197. The number of fused-ring (bicyclic) bond motifs is 1. The van der Waals surface area contributed by atoms with E-state index in [9.17, 15) is 35.9 Å². The lowest BCUT2D eigenvalue weighted by Gasteiger charge is -2.20. The summed E-state index contributed by atoms with van der Waals surface area (Å²) in [4.78, 5) is 33.0. The first-order chi connectivity index (χ1) is 21.4. The van der Waals surface area contributed by atoms with Gasteiger partial charge in [0.05, 0.1) is 29.6 Å². The standard InChI is InChI=1S/C30H29F6N5O5/c1-16-22-24(26(39-15-38-22)45-14-30(34,35)36)41(19-10-11-20(21(12-19)44-5)25(42)37-13-29(31,32)33)23(16)17-6-8-18(9-7-17)40-27(43)46-28(2,3)4/h6-12,15H,13-14H2,1-5H3,(H,37,42)(H,40,43). The van der Waals surface area contributed by atoms with E-state index in [4.69, 9.17) is 14.2 Å². The van der Waals surface area contributed by atoms with E-state index in [-0.39, 0.29) is 28.0 Å². The predicted octanol–water partition coefficient (Wildman–Crippen LogP) is 6.98. The number of anilines is 1. The number of carbonyl (C=O) groups excluding carboxylic acids is 2. The molecule has 0 bridgehead atoms. The van der Waals surface area contributed by atoms with Crippen molar-refractivity contribution in [2.24, 2.45) is 0 Å². The SMILES string of the molecule is COc1cc(-n2c(-c3ccc(NC(=O)OC(C)(C)C)cc3)c(C)c3ncnc(OCC(F)(F)F)c32)ccc1C(=O)NCC(F)(F)F. The van der Waals surface area contributed by atoms with Crippen LogP contribution in [0.4, 0.5) is 36.8 Å². The minimum atomic E-state index is -4.68. The summed E-state index contributed by atoms with van der Waals surface area (Å²) in [7, 11) is 1.21. The monoisotopic (exact) mass is 653 g/mol. The van der Waals surface area contributed by atoms with Gasteiger partial charge in [-0.05, 0) is 57.5 Å².